The molecule has 3 aliphatic rings. The van der Waals surface area contributed by atoms with Crippen molar-refractivity contribution in [2.24, 2.45) is 5.92 Å². The van der Waals surface area contributed by atoms with Gasteiger partial charge in [0.15, 0.2) is 0 Å². The Hall–Kier alpha value is -3.43. The number of rotatable bonds is 3. The van der Waals surface area contributed by atoms with Crippen molar-refractivity contribution < 1.29 is 23.8 Å². The van der Waals surface area contributed by atoms with Crippen molar-refractivity contribution in [3.8, 4) is 11.1 Å². The van der Waals surface area contributed by atoms with Gasteiger partial charge in [0.05, 0.1) is 19.3 Å². The van der Waals surface area contributed by atoms with E-state index in [1.807, 2.05) is 43.0 Å². The lowest BCUT2D eigenvalue weighted by molar-refractivity contribution is -0.139. The van der Waals surface area contributed by atoms with Crippen molar-refractivity contribution in [3.63, 3.8) is 0 Å². The van der Waals surface area contributed by atoms with Gasteiger partial charge >= 0.3 is 6.09 Å². The first-order chi connectivity index (χ1) is 19.7. The predicted octanol–water partition coefficient (Wildman–Crippen LogP) is 5.16. The maximum absolute atomic E-state index is 13.5. The molecule has 1 atom stereocenters. The van der Waals surface area contributed by atoms with Crippen LogP contribution in [0.4, 0.5) is 4.79 Å². The number of fused-ring (bicyclic) bond motifs is 2. The quantitative estimate of drug-likeness (QED) is 0.476. The summed E-state index contributed by atoms with van der Waals surface area (Å²) in [6, 6.07) is 6.28. The number of hydrogen-bond acceptors (Lipinski definition) is 6. The summed E-state index contributed by atoms with van der Waals surface area (Å²) in [5, 5.41) is 1.08. The third-order valence-electron chi connectivity index (χ3n) is 8.44. The third kappa shape index (κ3) is 5.70. The number of nitrogens with one attached hydrogen (secondary N) is 1. The number of aromatic amines is 1. The molecule has 0 radical (unpaired) electrons. The van der Waals surface area contributed by atoms with Crippen LogP contribution in [0.1, 0.15) is 61.9 Å². The van der Waals surface area contributed by atoms with Crippen LogP contribution in [-0.4, -0.2) is 76.9 Å². The average Bonchev–Trinajstić information content (AvgIpc) is 3.35. The predicted molar refractivity (Wildman–Crippen MR) is 155 cm³/mol. The molecule has 3 aliphatic heterocycles. The Morgan fingerprint density at radius 3 is 2.63 bits per heavy atom. The highest BCUT2D eigenvalue weighted by molar-refractivity contribution is 5.85. The fourth-order valence-electron chi connectivity index (χ4n) is 6.28. The number of benzene rings is 1. The van der Waals surface area contributed by atoms with Crippen LogP contribution >= 0.6 is 0 Å². The maximum atomic E-state index is 13.5. The zero-order valence-corrected chi connectivity index (χ0v) is 24.5. The molecule has 9 heteroatoms. The van der Waals surface area contributed by atoms with E-state index in [9.17, 15) is 9.59 Å². The molecular weight excluding hydrogens is 520 g/mol. The summed E-state index contributed by atoms with van der Waals surface area (Å²) >= 11 is 0. The van der Waals surface area contributed by atoms with Gasteiger partial charge in [0.1, 0.15) is 11.2 Å². The first-order valence-corrected chi connectivity index (χ1v) is 14.7. The van der Waals surface area contributed by atoms with Crippen LogP contribution in [0.25, 0.3) is 22.2 Å². The normalized spacial score (nSPS) is 20.2. The summed E-state index contributed by atoms with van der Waals surface area (Å²) in [6.07, 6.45) is 5.81. The van der Waals surface area contributed by atoms with Gasteiger partial charge in [0.2, 0.25) is 5.91 Å². The van der Waals surface area contributed by atoms with E-state index >= 15 is 0 Å². The van der Waals surface area contributed by atoms with E-state index in [2.05, 4.69) is 35.1 Å². The molecule has 218 valence electrons. The van der Waals surface area contributed by atoms with Crippen LogP contribution in [0.5, 0.6) is 0 Å². The molecule has 0 spiro atoms. The highest BCUT2D eigenvalue weighted by Gasteiger charge is 2.36. The maximum Gasteiger partial charge on any atom is 0.410 e. The molecule has 2 amide bonds. The van der Waals surface area contributed by atoms with E-state index in [0.29, 0.717) is 46.1 Å². The molecule has 9 nitrogen and oxygen atoms in total. The molecule has 5 heterocycles. The van der Waals surface area contributed by atoms with Gasteiger partial charge in [-0.15, -0.1) is 0 Å². The Morgan fingerprint density at radius 1 is 1.05 bits per heavy atom. The minimum atomic E-state index is -0.596. The highest BCUT2D eigenvalue weighted by Crippen LogP contribution is 2.37. The van der Waals surface area contributed by atoms with Gasteiger partial charge in [-0.1, -0.05) is 0 Å². The van der Waals surface area contributed by atoms with Gasteiger partial charge in [-0.2, -0.15) is 0 Å². The summed E-state index contributed by atoms with van der Waals surface area (Å²) in [5.74, 6) is 0.235. The van der Waals surface area contributed by atoms with Crippen molar-refractivity contribution in [1.29, 1.82) is 0 Å². The summed E-state index contributed by atoms with van der Waals surface area (Å²) in [6.45, 7) is 11.6. The number of aromatic nitrogens is 2. The number of morpholine rings is 1. The van der Waals surface area contributed by atoms with Crippen LogP contribution < -0.4 is 0 Å². The number of amides is 2. The Bertz CT molecular complexity index is 1450. The number of nitrogens with zero attached hydrogens (tertiary/aromatic N) is 3. The largest absolute Gasteiger partial charge is 0.444 e. The standard InChI is InChI=1S/C32H40N4O5/c1-20-16-33-29-26(20)15-23(17-34-29)22-13-24-18-35(30(37)21-6-10-39-11-7-21)8-5-25(24)27(14-22)28-19-40-12-9-36(28)31(38)41-32(2,3)4/h13-17,21,28H,5-12,18-19H2,1-4H3,(H,33,34)/t28-/m0/s1. The van der Waals surface area contributed by atoms with Crippen LogP contribution in [0.2, 0.25) is 0 Å². The number of carbonyl (C=O) groups excluding carboxylic acids is 2. The summed E-state index contributed by atoms with van der Waals surface area (Å²) in [7, 11) is 0. The smallest absolute Gasteiger partial charge is 0.410 e. The first kappa shape index (κ1) is 27.7. The number of pyridine rings is 1. The molecule has 0 unspecified atom stereocenters. The Balaban J connectivity index is 1.41. The molecule has 2 fully saturated rings. The molecule has 1 aromatic carbocycles. The van der Waals surface area contributed by atoms with E-state index in [-0.39, 0.29) is 24.0 Å². The van der Waals surface area contributed by atoms with Gasteiger partial charge in [-0.3, -0.25) is 9.69 Å². The summed E-state index contributed by atoms with van der Waals surface area (Å²) in [5.41, 5.74) is 6.79. The fraction of sp³-hybridized carbons (Fsp3) is 0.531. The van der Waals surface area contributed by atoms with E-state index in [1.54, 1.807) is 0 Å². The van der Waals surface area contributed by atoms with Crippen molar-refractivity contribution in [2.75, 3.05) is 39.5 Å². The van der Waals surface area contributed by atoms with Gasteiger partial charge in [0.25, 0.3) is 0 Å². The molecule has 41 heavy (non-hydrogen) atoms. The number of hydrogen-bond donors (Lipinski definition) is 1. The van der Waals surface area contributed by atoms with E-state index in [0.717, 1.165) is 58.1 Å². The Morgan fingerprint density at radius 2 is 1.85 bits per heavy atom. The minimum absolute atomic E-state index is 0.0190. The molecule has 1 N–H and O–H groups in total. The lowest BCUT2D eigenvalue weighted by Gasteiger charge is -2.40. The molecule has 2 aromatic heterocycles. The summed E-state index contributed by atoms with van der Waals surface area (Å²) < 4.78 is 17.3. The van der Waals surface area contributed by atoms with Crippen LogP contribution in [-0.2, 0) is 32.0 Å². The monoisotopic (exact) mass is 560 g/mol. The molecular formula is C32H40N4O5. The summed E-state index contributed by atoms with van der Waals surface area (Å²) in [4.78, 5) is 38.6. The van der Waals surface area contributed by atoms with Gasteiger partial charge in [-0.05, 0) is 93.0 Å². The lowest BCUT2D eigenvalue weighted by atomic mass is 9.86. The van der Waals surface area contributed by atoms with Gasteiger partial charge in [-0.25, -0.2) is 9.78 Å². The Kier molecular flexibility index (Phi) is 7.50. The highest BCUT2D eigenvalue weighted by atomic mass is 16.6. The van der Waals surface area contributed by atoms with Gasteiger partial charge < -0.3 is 24.1 Å². The second-order valence-corrected chi connectivity index (χ2v) is 12.5. The van der Waals surface area contributed by atoms with Crippen LogP contribution in [0.15, 0.2) is 30.6 Å². The SMILES string of the molecule is Cc1c[nH]c2ncc(-c3cc4c(c([C@@H]5COCCN5C(=O)OC(C)(C)C)c3)CCN(C(=O)C3CCOCC3)C4)cc12. The minimum Gasteiger partial charge on any atom is -0.444 e. The fourth-order valence-corrected chi connectivity index (χ4v) is 6.28. The van der Waals surface area contributed by atoms with Crippen molar-refractivity contribution >= 4 is 23.0 Å². The zero-order valence-electron chi connectivity index (χ0n) is 24.5. The zero-order chi connectivity index (χ0) is 28.7. The molecule has 0 aliphatic carbocycles. The first-order valence-electron chi connectivity index (χ1n) is 14.7. The number of carbonyl (C=O) groups is 2. The van der Waals surface area contributed by atoms with Crippen molar-refractivity contribution in [2.45, 2.75) is 65.1 Å². The number of ether oxygens (including phenoxy) is 3. The third-order valence-corrected chi connectivity index (χ3v) is 8.44. The molecule has 3 aromatic rings. The van der Waals surface area contributed by atoms with Gasteiger partial charge in [0, 0.05) is 62.1 Å². The number of aryl methyl sites for hydroxylation is 1. The average molecular weight is 561 g/mol. The Labute approximate surface area is 241 Å². The van der Waals surface area contributed by atoms with E-state index < -0.39 is 5.60 Å². The lowest BCUT2D eigenvalue weighted by Crippen LogP contribution is -2.46. The van der Waals surface area contributed by atoms with Crippen molar-refractivity contribution in [3.05, 3.63) is 52.8 Å². The molecule has 0 bridgehead atoms. The number of H-pyrrole nitrogens is 1. The van der Waals surface area contributed by atoms with Crippen LogP contribution in [0, 0.1) is 12.8 Å². The van der Waals surface area contributed by atoms with E-state index in [4.69, 9.17) is 14.2 Å². The van der Waals surface area contributed by atoms with Crippen LogP contribution in [0.3, 0.4) is 0 Å². The topological polar surface area (TPSA) is 97.0 Å². The molecule has 6 rings (SSSR count). The second kappa shape index (κ2) is 11.1. The molecule has 2 saturated heterocycles. The van der Waals surface area contributed by atoms with Crippen molar-refractivity contribution in [1.82, 2.24) is 19.8 Å². The molecule has 0 saturated carbocycles. The second-order valence-electron chi connectivity index (χ2n) is 12.5. The van der Waals surface area contributed by atoms with E-state index in [1.165, 1.54) is 5.56 Å².